The summed E-state index contributed by atoms with van der Waals surface area (Å²) in [4.78, 5) is 31.9. The first kappa shape index (κ1) is 27.5. The highest BCUT2D eigenvalue weighted by Crippen LogP contribution is 2.48. The first-order chi connectivity index (χ1) is 19.8. The molecule has 2 aromatic carbocycles. The fourth-order valence-electron chi connectivity index (χ4n) is 5.26. The van der Waals surface area contributed by atoms with E-state index in [4.69, 9.17) is 42.6 Å². The van der Waals surface area contributed by atoms with Gasteiger partial charge in [0.25, 0.3) is 0 Å². The fourth-order valence-corrected chi connectivity index (χ4v) is 5.75. The molecule has 2 aliphatic heterocycles. The number of amides is 1. The van der Waals surface area contributed by atoms with Gasteiger partial charge in [0.05, 0.1) is 39.5 Å². The summed E-state index contributed by atoms with van der Waals surface area (Å²) in [7, 11) is 3.90. The largest absolute Gasteiger partial charge is 0.489 e. The van der Waals surface area contributed by atoms with Crippen LogP contribution in [0.3, 0.4) is 0 Å². The molecule has 0 atom stereocenters. The second kappa shape index (κ2) is 11.0. The third-order valence-corrected chi connectivity index (χ3v) is 7.89. The van der Waals surface area contributed by atoms with Gasteiger partial charge < -0.3 is 28.7 Å². The molecule has 1 saturated heterocycles. The molecule has 10 nitrogen and oxygen atoms in total. The monoisotopic (exact) mass is 599 g/mol. The van der Waals surface area contributed by atoms with Crippen molar-refractivity contribution in [3.8, 4) is 22.9 Å². The number of benzene rings is 2. The van der Waals surface area contributed by atoms with E-state index in [9.17, 15) is 4.79 Å². The molecule has 41 heavy (non-hydrogen) atoms. The predicted octanol–water partition coefficient (Wildman–Crippen LogP) is 4.26. The van der Waals surface area contributed by atoms with Crippen LogP contribution in [-0.4, -0.2) is 95.3 Å². The van der Waals surface area contributed by atoms with Gasteiger partial charge in [-0.3, -0.25) is 4.79 Å². The molecule has 0 spiro atoms. The van der Waals surface area contributed by atoms with E-state index in [-0.39, 0.29) is 34.1 Å². The number of carbonyl (C=O) groups is 1. The van der Waals surface area contributed by atoms with Gasteiger partial charge in [-0.15, -0.1) is 0 Å². The van der Waals surface area contributed by atoms with Crippen LogP contribution in [0, 0.1) is 5.82 Å². The molecule has 0 unspecified atom stereocenters. The Kier molecular flexibility index (Phi) is 7.35. The number of ether oxygens (including phenoxy) is 2. The zero-order chi connectivity index (χ0) is 28.8. The van der Waals surface area contributed by atoms with Crippen LogP contribution in [-0.2, 0) is 11.3 Å². The van der Waals surface area contributed by atoms with Crippen LogP contribution in [0.1, 0.15) is 0 Å². The minimum absolute atomic E-state index is 0.0662. The lowest BCUT2D eigenvalue weighted by atomic mass is 9.99. The van der Waals surface area contributed by atoms with Crippen LogP contribution >= 0.6 is 23.2 Å². The highest BCUT2D eigenvalue weighted by Gasteiger charge is 2.30. The Morgan fingerprint density at radius 1 is 1.15 bits per heavy atom. The van der Waals surface area contributed by atoms with Crippen LogP contribution in [0.4, 0.5) is 10.2 Å². The molecule has 0 bridgehead atoms. The summed E-state index contributed by atoms with van der Waals surface area (Å²) in [6.45, 7) is 7.37. The summed E-state index contributed by atoms with van der Waals surface area (Å²) in [5.74, 6) is 0.187. The molecule has 1 fully saturated rings. The highest BCUT2D eigenvalue weighted by molar-refractivity contribution is 6.36. The average Bonchev–Trinajstić information content (AvgIpc) is 3.33. The fraction of sp³-hybridized carbons (Fsp3) is 0.357. The lowest BCUT2D eigenvalue weighted by Gasteiger charge is -2.35. The first-order valence-electron chi connectivity index (χ1n) is 13.2. The summed E-state index contributed by atoms with van der Waals surface area (Å²) >= 11 is 13.3. The minimum Gasteiger partial charge on any atom is -0.489 e. The van der Waals surface area contributed by atoms with Crippen LogP contribution in [0.5, 0.6) is 11.8 Å². The SMILES string of the molecule is C=CC(=O)N1CCN(c2nc(OCCN(C)C)nc3c4c(c(Cl)cc23)-c2c(F)c(Cl)cc3ncn(c23)CCO4)CC1. The average molecular weight is 600 g/mol. The number of hydrogen-bond acceptors (Lipinski definition) is 8. The number of hydrogen-bond donors (Lipinski definition) is 0. The number of rotatable bonds is 6. The Labute approximate surface area is 245 Å². The summed E-state index contributed by atoms with van der Waals surface area (Å²) in [6, 6.07) is 3.40. The maximum atomic E-state index is 15.8. The molecule has 0 aliphatic carbocycles. The molecule has 2 aliphatic rings. The first-order valence-corrected chi connectivity index (χ1v) is 14.0. The number of likely N-dealkylation sites (N-methyl/N-ethyl adjacent to an activating group) is 1. The highest BCUT2D eigenvalue weighted by atomic mass is 35.5. The third-order valence-electron chi connectivity index (χ3n) is 7.32. The molecule has 0 saturated carbocycles. The molecule has 13 heteroatoms. The smallest absolute Gasteiger partial charge is 0.319 e. The summed E-state index contributed by atoms with van der Waals surface area (Å²) in [6.07, 6.45) is 2.96. The van der Waals surface area contributed by atoms with E-state index in [0.29, 0.717) is 84.9 Å². The van der Waals surface area contributed by atoms with Gasteiger partial charge in [-0.25, -0.2) is 9.37 Å². The Hall–Kier alpha value is -3.67. The van der Waals surface area contributed by atoms with E-state index in [1.165, 1.54) is 12.1 Å². The zero-order valence-corrected chi connectivity index (χ0v) is 24.2. The van der Waals surface area contributed by atoms with E-state index < -0.39 is 5.82 Å². The second-order valence-corrected chi connectivity index (χ2v) is 11.0. The van der Waals surface area contributed by atoms with Crippen molar-refractivity contribution in [1.29, 1.82) is 0 Å². The van der Waals surface area contributed by atoms with Crippen molar-refractivity contribution in [3.63, 3.8) is 0 Å². The number of halogens is 3. The van der Waals surface area contributed by atoms with Crippen LogP contribution < -0.4 is 14.4 Å². The quantitative estimate of drug-likeness (QED) is 0.304. The summed E-state index contributed by atoms with van der Waals surface area (Å²) in [5, 5.41) is 0.824. The van der Waals surface area contributed by atoms with Crippen LogP contribution in [0.2, 0.25) is 10.0 Å². The lowest BCUT2D eigenvalue weighted by molar-refractivity contribution is -0.126. The summed E-state index contributed by atoms with van der Waals surface area (Å²) in [5.41, 5.74) is 2.13. The van der Waals surface area contributed by atoms with E-state index >= 15 is 4.39 Å². The van der Waals surface area contributed by atoms with E-state index in [1.807, 2.05) is 23.6 Å². The number of aromatic nitrogens is 4. The molecule has 214 valence electrons. The number of nitrogens with zero attached hydrogens (tertiary/aromatic N) is 7. The topological polar surface area (TPSA) is 88.9 Å². The van der Waals surface area contributed by atoms with Gasteiger partial charge in [0.1, 0.15) is 24.5 Å². The van der Waals surface area contributed by atoms with Crippen molar-refractivity contribution in [1.82, 2.24) is 29.3 Å². The second-order valence-electron chi connectivity index (χ2n) is 10.2. The molecule has 1 amide bonds. The minimum atomic E-state index is -0.617. The van der Waals surface area contributed by atoms with E-state index in [0.717, 1.165) is 0 Å². The van der Waals surface area contributed by atoms with Crippen molar-refractivity contribution in [2.45, 2.75) is 6.54 Å². The Bertz CT molecular complexity index is 1690. The maximum absolute atomic E-state index is 15.8. The molecule has 2 aromatic heterocycles. The molecule has 0 radical (unpaired) electrons. The lowest BCUT2D eigenvalue weighted by Crippen LogP contribution is -2.48. The van der Waals surface area contributed by atoms with Crippen molar-refractivity contribution in [2.24, 2.45) is 0 Å². The molecule has 0 N–H and O–H groups in total. The molecule has 4 aromatic rings. The normalized spacial score (nSPS) is 15.1. The Morgan fingerprint density at radius 3 is 2.66 bits per heavy atom. The van der Waals surface area contributed by atoms with Crippen LogP contribution in [0.15, 0.2) is 31.1 Å². The molecule has 6 rings (SSSR count). The van der Waals surface area contributed by atoms with E-state index in [2.05, 4.69) is 16.5 Å². The van der Waals surface area contributed by atoms with Gasteiger partial charge >= 0.3 is 6.01 Å². The van der Waals surface area contributed by atoms with E-state index in [1.54, 1.807) is 17.3 Å². The molecular formula is C28H28Cl2FN7O3. The van der Waals surface area contributed by atoms with Gasteiger partial charge in [-0.2, -0.15) is 9.97 Å². The van der Waals surface area contributed by atoms with Crippen LogP contribution in [0.25, 0.3) is 33.1 Å². The zero-order valence-electron chi connectivity index (χ0n) is 22.7. The Morgan fingerprint density at radius 2 is 1.93 bits per heavy atom. The summed E-state index contributed by atoms with van der Waals surface area (Å²) < 4.78 is 29.9. The third kappa shape index (κ3) is 4.92. The van der Waals surface area contributed by atoms with Gasteiger partial charge in [0.2, 0.25) is 5.91 Å². The standard InChI is InChI=1S/C28H28Cl2FN7O3/c1-4-20(39)36-5-7-37(8-6-36)27-16-13-17(29)21-22-23(31)18(30)14-19-25(22)38(15-32-19)10-12-40-26(21)24(16)33-28(34-27)41-11-9-35(2)3/h4,13-15H,1,5-12H2,2-3H3. The predicted molar refractivity (Wildman–Crippen MR) is 157 cm³/mol. The molecule has 4 heterocycles. The van der Waals surface area contributed by atoms with Gasteiger partial charge in [0.15, 0.2) is 11.6 Å². The van der Waals surface area contributed by atoms with Crippen molar-refractivity contribution < 1.29 is 18.7 Å². The molecular weight excluding hydrogens is 572 g/mol. The van der Waals surface area contributed by atoms with Gasteiger partial charge in [-0.1, -0.05) is 29.8 Å². The maximum Gasteiger partial charge on any atom is 0.319 e. The van der Waals surface area contributed by atoms with Crippen molar-refractivity contribution in [3.05, 3.63) is 47.0 Å². The number of imidazole rings is 1. The number of piperazine rings is 1. The Balaban J connectivity index is 1.55. The number of anilines is 1. The van der Waals surface area contributed by atoms with Crippen molar-refractivity contribution >= 4 is 56.9 Å². The number of fused-ring (bicyclic) bond motifs is 4. The van der Waals surface area contributed by atoms with Gasteiger partial charge in [0, 0.05) is 43.7 Å². The number of carbonyl (C=O) groups excluding carboxylic acids is 1. The van der Waals surface area contributed by atoms with Crippen molar-refractivity contribution in [2.75, 3.05) is 64.9 Å². The van der Waals surface area contributed by atoms with Gasteiger partial charge in [-0.05, 0) is 32.3 Å².